The minimum atomic E-state index is 0.295. The molecule has 2 aromatic carbocycles. The van der Waals surface area contributed by atoms with Crippen LogP contribution in [0.1, 0.15) is 0 Å². The van der Waals surface area contributed by atoms with Crippen LogP contribution in [0.15, 0.2) is 53.1 Å². The van der Waals surface area contributed by atoms with Gasteiger partial charge < -0.3 is 0 Å². The Balaban J connectivity index is 2.77. The molecule has 0 saturated carbocycles. The maximum absolute atomic E-state index is 8.00. The quantitative estimate of drug-likeness (QED) is 0.672. The Morgan fingerprint density at radius 2 is 1.24 bits per heavy atom. The van der Waals surface area contributed by atoms with Crippen molar-refractivity contribution >= 4 is 37.5 Å². The van der Waals surface area contributed by atoms with Gasteiger partial charge in [-0.25, -0.2) is 4.98 Å². The highest BCUT2D eigenvalue weighted by Crippen LogP contribution is 2.25. The lowest BCUT2D eigenvalue weighted by Gasteiger charge is -1.96. The predicted molar refractivity (Wildman–Crippen MR) is 72.8 cm³/mol. The molecule has 3 aromatic rings. The number of hydrogen-bond acceptors (Lipinski definition) is 2. The van der Waals surface area contributed by atoms with Gasteiger partial charge in [0.05, 0.1) is 0 Å². The van der Waals surface area contributed by atoms with Gasteiger partial charge >= 0.3 is 0 Å². The predicted octanol–water partition coefficient (Wildman–Crippen LogP) is 3.63. The molecule has 0 aliphatic rings. The number of fused-ring (bicyclic) bond motifs is 3. The van der Waals surface area contributed by atoms with E-state index >= 15 is 0 Å². The Bertz CT molecular complexity index is 781. The lowest BCUT2D eigenvalue weighted by atomic mass is 10.1. The van der Waals surface area contributed by atoms with E-state index in [1.54, 1.807) is 0 Å². The molecule has 0 atom stereocenters. The fourth-order valence-electron chi connectivity index (χ4n) is 2.04. The monoisotopic (exact) mass is 284 g/mol. The third kappa shape index (κ3) is 1.63. The van der Waals surface area contributed by atoms with Gasteiger partial charge in [0, 0.05) is 10.8 Å². The molecular weight excluding hydrogens is 276 g/mol. The molecule has 0 unspecified atom stereocenters. The molecule has 0 aliphatic heterocycles. The van der Waals surface area contributed by atoms with Gasteiger partial charge in [0.25, 0.3) is 0 Å². The summed E-state index contributed by atoms with van der Waals surface area (Å²) in [5.41, 5.74) is 0.295. The zero-order chi connectivity index (χ0) is 11.8. The summed E-state index contributed by atoms with van der Waals surface area (Å²) in [6, 6.07) is 15.9. The van der Waals surface area contributed by atoms with Crippen LogP contribution in [-0.2, 0) is 0 Å². The molecule has 0 saturated heterocycles. The van der Waals surface area contributed by atoms with Crippen molar-refractivity contribution in [2.24, 2.45) is 0 Å². The summed E-state index contributed by atoms with van der Waals surface area (Å²) in [5.74, 6) is 0. The van der Waals surface area contributed by atoms with E-state index in [2.05, 4.69) is 27.0 Å². The highest BCUT2D eigenvalue weighted by molar-refractivity contribution is 9.10. The second-order valence-corrected chi connectivity index (χ2v) is 4.59. The normalized spacial score (nSPS) is 10.9. The molecule has 3 rings (SSSR count). The first kappa shape index (κ1) is 10.4. The minimum Gasteiger partial charge on any atom is -0.282 e. The summed E-state index contributed by atoms with van der Waals surface area (Å²) in [7, 11) is 0. The summed E-state index contributed by atoms with van der Waals surface area (Å²) >= 11 is 3.45. The lowest BCUT2D eigenvalue weighted by Crippen LogP contribution is -2.01. The van der Waals surface area contributed by atoms with Gasteiger partial charge in [-0.15, -0.1) is 0 Å². The van der Waals surface area contributed by atoms with Crippen molar-refractivity contribution in [2.45, 2.75) is 0 Å². The molecule has 0 aliphatic carbocycles. The van der Waals surface area contributed by atoms with E-state index in [-0.39, 0.29) is 0 Å². The molecule has 2 nitrogen and oxygen atoms in total. The molecule has 1 N–H and O–H groups in total. The Kier molecular flexibility index (Phi) is 2.41. The molecule has 82 valence electrons. The van der Waals surface area contributed by atoms with Gasteiger partial charge in [-0.05, 0) is 26.7 Å². The molecule has 17 heavy (non-hydrogen) atoms. The number of rotatable bonds is 0. The average Bonchev–Trinajstić information content (AvgIpc) is 2.48. The van der Waals surface area contributed by atoms with E-state index in [1.807, 2.05) is 42.5 Å². The van der Waals surface area contributed by atoms with Gasteiger partial charge in [-0.1, -0.05) is 48.5 Å². The first-order chi connectivity index (χ1) is 8.27. The third-order valence-electron chi connectivity index (χ3n) is 2.83. The SMILES string of the molecule is N=c1nc(Br)c2ccccc2c2ccccc12. The summed E-state index contributed by atoms with van der Waals surface area (Å²) in [4.78, 5) is 4.28. The lowest BCUT2D eigenvalue weighted by molar-refractivity contribution is 1.12. The van der Waals surface area contributed by atoms with E-state index in [0.29, 0.717) is 10.1 Å². The summed E-state index contributed by atoms with van der Waals surface area (Å²) in [6.07, 6.45) is 0. The van der Waals surface area contributed by atoms with Gasteiger partial charge in [0.15, 0.2) is 5.49 Å². The Hall–Kier alpha value is -1.74. The minimum absolute atomic E-state index is 0.295. The van der Waals surface area contributed by atoms with Crippen LogP contribution >= 0.6 is 15.9 Å². The van der Waals surface area contributed by atoms with Gasteiger partial charge in [0.1, 0.15) is 4.60 Å². The second-order valence-electron chi connectivity index (χ2n) is 3.84. The van der Waals surface area contributed by atoms with E-state index < -0.39 is 0 Å². The number of benzene rings is 2. The van der Waals surface area contributed by atoms with Gasteiger partial charge in [-0.2, -0.15) is 0 Å². The molecule has 0 amide bonds. The average molecular weight is 285 g/mol. The van der Waals surface area contributed by atoms with E-state index in [0.717, 1.165) is 21.5 Å². The summed E-state index contributed by atoms with van der Waals surface area (Å²) < 4.78 is 0.717. The van der Waals surface area contributed by atoms with Gasteiger partial charge in [0.2, 0.25) is 0 Å². The van der Waals surface area contributed by atoms with Crippen molar-refractivity contribution in [1.82, 2.24) is 4.98 Å². The van der Waals surface area contributed by atoms with Crippen LogP contribution in [0.5, 0.6) is 0 Å². The zero-order valence-corrected chi connectivity index (χ0v) is 10.5. The molecule has 0 radical (unpaired) electrons. The van der Waals surface area contributed by atoms with Crippen molar-refractivity contribution in [1.29, 1.82) is 5.41 Å². The van der Waals surface area contributed by atoms with E-state index in [9.17, 15) is 0 Å². The van der Waals surface area contributed by atoms with Crippen molar-refractivity contribution < 1.29 is 0 Å². The number of halogens is 1. The second kappa shape index (κ2) is 3.93. The van der Waals surface area contributed by atoms with Crippen LogP contribution in [0, 0.1) is 5.41 Å². The van der Waals surface area contributed by atoms with Crippen LogP contribution in [0.25, 0.3) is 21.5 Å². The Morgan fingerprint density at radius 3 is 1.88 bits per heavy atom. The molecule has 0 spiro atoms. The molecule has 1 heterocycles. The highest BCUT2D eigenvalue weighted by Gasteiger charge is 2.03. The Labute approximate surface area is 107 Å². The van der Waals surface area contributed by atoms with Crippen LogP contribution in [0.4, 0.5) is 0 Å². The first-order valence-corrected chi connectivity index (χ1v) is 6.08. The van der Waals surface area contributed by atoms with E-state index in [4.69, 9.17) is 5.41 Å². The topological polar surface area (TPSA) is 36.7 Å². The fourth-order valence-corrected chi connectivity index (χ4v) is 2.56. The maximum atomic E-state index is 8.00. The van der Waals surface area contributed by atoms with Crippen LogP contribution < -0.4 is 5.49 Å². The van der Waals surface area contributed by atoms with E-state index in [1.165, 1.54) is 0 Å². The number of nitrogens with one attached hydrogen (secondary N) is 1. The highest BCUT2D eigenvalue weighted by atomic mass is 79.9. The van der Waals surface area contributed by atoms with Crippen LogP contribution in [0.2, 0.25) is 0 Å². The fraction of sp³-hybridized carbons (Fsp3) is 0. The first-order valence-electron chi connectivity index (χ1n) is 5.29. The summed E-state index contributed by atoms with van der Waals surface area (Å²) in [5, 5.41) is 12.1. The molecule has 3 heteroatoms. The van der Waals surface area contributed by atoms with Crippen molar-refractivity contribution in [2.75, 3.05) is 0 Å². The standard InChI is InChI=1S/C14H9BrN2/c15-13-11-7-3-1-5-9(11)10-6-2-4-8-12(10)14(16)17-13/h1-8,16H. The summed E-state index contributed by atoms with van der Waals surface area (Å²) in [6.45, 7) is 0. The number of hydrogen-bond donors (Lipinski definition) is 1. The number of nitrogens with zero attached hydrogens (tertiary/aromatic N) is 1. The molecule has 1 aromatic heterocycles. The van der Waals surface area contributed by atoms with Gasteiger partial charge in [-0.3, -0.25) is 5.41 Å². The molecule has 0 bridgehead atoms. The van der Waals surface area contributed by atoms with Crippen LogP contribution in [-0.4, -0.2) is 4.98 Å². The molecule has 0 fully saturated rings. The van der Waals surface area contributed by atoms with Crippen LogP contribution in [0.3, 0.4) is 0 Å². The largest absolute Gasteiger partial charge is 0.282 e. The number of aromatic nitrogens is 1. The van der Waals surface area contributed by atoms with Crippen molar-refractivity contribution in [3.8, 4) is 0 Å². The van der Waals surface area contributed by atoms with Crippen molar-refractivity contribution in [3.05, 3.63) is 58.6 Å². The van der Waals surface area contributed by atoms with Crippen molar-refractivity contribution in [3.63, 3.8) is 0 Å². The zero-order valence-electron chi connectivity index (χ0n) is 8.94. The Morgan fingerprint density at radius 1 is 0.765 bits per heavy atom. The smallest absolute Gasteiger partial charge is 0.153 e. The molecular formula is C14H9BrN2. The third-order valence-corrected chi connectivity index (χ3v) is 3.44. The maximum Gasteiger partial charge on any atom is 0.153 e.